The fourth-order valence-electron chi connectivity index (χ4n) is 2.35. The van der Waals surface area contributed by atoms with Crippen LogP contribution >= 0.6 is 11.8 Å². The normalized spacial score (nSPS) is 25.8. The lowest BCUT2D eigenvalue weighted by molar-refractivity contribution is 0.263. The molecule has 17 heavy (non-hydrogen) atoms. The highest BCUT2D eigenvalue weighted by Gasteiger charge is 2.22. The maximum atomic E-state index is 5.48. The van der Waals surface area contributed by atoms with Gasteiger partial charge in [0.15, 0.2) is 0 Å². The van der Waals surface area contributed by atoms with Crippen LogP contribution in [0.25, 0.3) is 0 Å². The number of rotatable bonds is 3. The summed E-state index contributed by atoms with van der Waals surface area (Å²) in [7, 11) is 0. The average molecular weight is 252 g/mol. The van der Waals surface area contributed by atoms with Crippen molar-refractivity contribution in [3.8, 4) is 0 Å². The first-order valence-electron chi connectivity index (χ1n) is 5.97. The maximum Gasteiger partial charge on any atom is 0.144 e. The smallest absolute Gasteiger partial charge is 0.144 e. The molecule has 1 saturated heterocycles. The molecule has 0 aliphatic carbocycles. The largest absolute Gasteiger partial charge is 0.308 e. The van der Waals surface area contributed by atoms with Crippen LogP contribution in [0.3, 0.4) is 0 Å². The van der Waals surface area contributed by atoms with Crippen LogP contribution in [0.15, 0.2) is 18.3 Å². The molecule has 1 aliphatic heterocycles. The number of anilines is 1. The number of pyridine rings is 1. The molecule has 1 aromatic rings. The van der Waals surface area contributed by atoms with Gasteiger partial charge in [0, 0.05) is 41.9 Å². The Morgan fingerprint density at radius 2 is 2.18 bits per heavy atom. The number of nitrogens with one attached hydrogen (secondary N) is 1. The van der Waals surface area contributed by atoms with Crippen LogP contribution in [0.2, 0.25) is 0 Å². The lowest BCUT2D eigenvalue weighted by Gasteiger charge is -2.34. The third kappa shape index (κ3) is 3.34. The van der Waals surface area contributed by atoms with Crippen molar-refractivity contribution in [2.24, 2.45) is 5.84 Å². The second-order valence-corrected chi connectivity index (χ2v) is 6.49. The van der Waals surface area contributed by atoms with Crippen molar-refractivity contribution in [3.63, 3.8) is 0 Å². The Bertz CT molecular complexity index is 361. The summed E-state index contributed by atoms with van der Waals surface area (Å²) in [4.78, 5) is 6.71. The van der Waals surface area contributed by atoms with E-state index in [0.29, 0.717) is 10.5 Å². The summed E-state index contributed by atoms with van der Waals surface area (Å²) in [6, 6.07) is 4.04. The summed E-state index contributed by atoms with van der Waals surface area (Å²) in [5, 5.41) is 1.40. The second kappa shape index (κ2) is 5.71. The summed E-state index contributed by atoms with van der Waals surface area (Å²) in [5.74, 6) is 6.26. The molecule has 3 N–H and O–H groups in total. The van der Waals surface area contributed by atoms with E-state index in [4.69, 9.17) is 5.84 Å². The molecule has 2 unspecified atom stereocenters. The van der Waals surface area contributed by atoms with E-state index in [0.717, 1.165) is 25.5 Å². The Labute approximate surface area is 107 Å². The molecule has 0 aromatic carbocycles. The van der Waals surface area contributed by atoms with E-state index in [-0.39, 0.29) is 0 Å². The monoisotopic (exact) mass is 252 g/mol. The van der Waals surface area contributed by atoms with Crippen molar-refractivity contribution in [3.05, 3.63) is 23.9 Å². The van der Waals surface area contributed by atoms with Gasteiger partial charge in [-0.25, -0.2) is 10.8 Å². The van der Waals surface area contributed by atoms with E-state index in [9.17, 15) is 0 Å². The molecular weight excluding hydrogens is 232 g/mol. The van der Waals surface area contributed by atoms with Gasteiger partial charge in [0.05, 0.1) is 0 Å². The molecule has 2 atom stereocenters. The van der Waals surface area contributed by atoms with Gasteiger partial charge in [0.2, 0.25) is 0 Å². The highest BCUT2D eigenvalue weighted by molar-refractivity contribution is 8.00. The van der Waals surface area contributed by atoms with Crippen LogP contribution in [0.5, 0.6) is 0 Å². The number of hydrogen-bond donors (Lipinski definition) is 2. The fourth-order valence-corrected chi connectivity index (χ4v) is 3.74. The number of aromatic nitrogens is 1. The Hall–Kier alpha value is -0.780. The lowest BCUT2D eigenvalue weighted by atomic mass is 10.2. The van der Waals surface area contributed by atoms with Gasteiger partial charge in [0.1, 0.15) is 5.82 Å². The molecule has 5 heteroatoms. The van der Waals surface area contributed by atoms with E-state index < -0.39 is 0 Å². The molecule has 0 radical (unpaired) electrons. The standard InChI is InChI=1S/C12H20N4S/c1-9-6-16(7-10(2)17-9)8-11-4-3-5-14-12(11)15-13/h3-5,9-10H,6-8,13H2,1-2H3,(H,14,15). The Morgan fingerprint density at radius 1 is 1.47 bits per heavy atom. The molecule has 94 valence electrons. The SMILES string of the molecule is CC1CN(Cc2cccnc2NN)CC(C)S1. The number of nitrogens with two attached hydrogens (primary N) is 1. The minimum absolute atomic E-state index is 0.699. The van der Waals surface area contributed by atoms with Crippen molar-refractivity contribution in [1.82, 2.24) is 9.88 Å². The molecule has 2 rings (SSSR count). The molecule has 2 heterocycles. The number of hydrazine groups is 1. The summed E-state index contributed by atoms with van der Waals surface area (Å²) >= 11 is 2.07. The third-order valence-electron chi connectivity index (χ3n) is 2.92. The van der Waals surface area contributed by atoms with Gasteiger partial charge < -0.3 is 5.43 Å². The quantitative estimate of drug-likeness (QED) is 0.633. The molecule has 4 nitrogen and oxygen atoms in total. The highest BCUT2D eigenvalue weighted by Crippen LogP contribution is 2.26. The van der Waals surface area contributed by atoms with Crippen molar-refractivity contribution in [1.29, 1.82) is 0 Å². The molecular formula is C12H20N4S. The molecule has 0 amide bonds. The first kappa shape index (κ1) is 12.7. The first-order chi connectivity index (χ1) is 8.19. The zero-order chi connectivity index (χ0) is 12.3. The average Bonchev–Trinajstić information content (AvgIpc) is 2.28. The molecule has 0 saturated carbocycles. The molecule has 1 fully saturated rings. The van der Waals surface area contributed by atoms with Crippen LogP contribution in [0, 0.1) is 0 Å². The summed E-state index contributed by atoms with van der Waals surface area (Å²) in [6.45, 7) is 7.77. The first-order valence-corrected chi connectivity index (χ1v) is 6.91. The zero-order valence-electron chi connectivity index (χ0n) is 10.4. The lowest BCUT2D eigenvalue weighted by Crippen LogP contribution is -2.40. The summed E-state index contributed by atoms with van der Waals surface area (Å²) in [5.41, 5.74) is 3.83. The van der Waals surface area contributed by atoms with Gasteiger partial charge in [-0.05, 0) is 6.07 Å². The van der Waals surface area contributed by atoms with Crippen LogP contribution in [-0.2, 0) is 6.54 Å². The van der Waals surface area contributed by atoms with Gasteiger partial charge in [-0.3, -0.25) is 4.90 Å². The van der Waals surface area contributed by atoms with Gasteiger partial charge in [-0.15, -0.1) is 0 Å². The minimum Gasteiger partial charge on any atom is -0.308 e. The maximum absolute atomic E-state index is 5.48. The third-order valence-corrected chi connectivity index (χ3v) is 4.14. The van der Waals surface area contributed by atoms with Crippen molar-refractivity contribution in [2.75, 3.05) is 18.5 Å². The van der Waals surface area contributed by atoms with E-state index in [1.807, 2.05) is 6.07 Å². The fraction of sp³-hybridized carbons (Fsp3) is 0.583. The van der Waals surface area contributed by atoms with Crippen molar-refractivity contribution in [2.45, 2.75) is 30.9 Å². The summed E-state index contributed by atoms with van der Waals surface area (Å²) in [6.07, 6.45) is 1.76. The number of nitrogens with zero attached hydrogens (tertiary/aromatic N) is 2. The highest BCUT2D eigenvalue weighted by atomic mass is 32.2. The minimum atomic E-state index is 0.699. The zero-order valence-corrected chi connectivity index (χ0v) is 11.2. The predicted molar refractivity (Wildman–Crippen MR) is 73.8 cm³/mol. The topological polar surface area (TPSA) is 54.2 Å². The van der Waals surface area contributed by atoms with E-state index in [2.05, 4.69) is 47.0 Å². The van der Waals surface area contributed by atoms with Gasteiger partial charge in [0.25, 0.3) is 0 Å². The Balaban J connectivity index is 2.04. The molecule has 1 aliphatic rings. The van der Waals surface area contributed by atoms with Crippen molar-refractivity contribution < 1.29 is 0 Å². The van der Waals surface area contributed by atoms with Gasteiger partial charge >= 0.3 is 0 Å². The second-order valence-electron chi connectivity index (χ2n) is 4.61. The number of thioether (sulfide) groups is 1. The number of hydrogen-bond acceptors (Lipinski definition) is 5. The van der Waals surface area contributed by atoms with Gasteiger partial charge in [-0.1, -0.05) is 19.9 Å². The number of nitrogen functional groups attached to an aromatic ring is 1. The Morgan fingerprint density at radius 3 is 2.82 bits per heavy atom. The van der Waals surface area contributed by atoms with Gasteiger partial charge in [-0.2, -0.15) is 11.8 Å². The molecule has 0 bridgehead atoms. The van der Waals surface area contributed by atoms with E-state index in [1.165, 1.54) is 5.56 Å². The predicted octanol–water partition coefficient (Wildman–Crippen LogP) is 1.69. The van der Waals surface area contributed by atoms with Crippen LogP contribution in [-0.4, -0.2) is 33.5 Å². The van der Waals surface area contributed by atoms with Crippen LogP contribution < -0.4 is 11.3 Å². The molecule has 0 spiro atoms. The Kier molecular flexibility index (Phi) is 4.25. The van der Waals surface area contributed by atoms with E-state index in [1.54, 1.807) is 6.20 Å². The summed E-state index contributed by atoms with van der Waals surface area (Å²) < 4.78 is 0. The molecule has 1 aromatic heterocycles. The van der Waals surface area contributed by atoms with Crippen LogP contribution in [0.4, 0.5) is 5.82 Å². The van der Waals surface area contributed by atoms with E-state index >= 15 is 0 Å². The van der Waals surface area contributed by atoms with Crippen molar-refractivity contribution >= 4 is 17.6 Å². The van der Waals surface area contributed by atoms with Crippen LogP contribution in [0.1, 0.15) is 19.4 Å².